The fourth-order valence-corrected chi connectivity index (χ4v) is 4.35. The fraction of sp³-hybridized carbons (Fsp3) is 0.545. The van der Waals surface area contributed by atoms with Gasteiger partial charge in [-0.15, -0.1) is 0 Å². The Kier molecular flexibility index (Phi) is 6.67. The number of aryl methyl sites for hydroxylation is 1. The van der Waals surface area contributed by atoms with Gasteiger partial charge < -0.3 is 16.4 Å². The molecule has 0 aromatic heterocycles. The summed E-state index contributed by atoms with van der Waals surface area (Å²) >= 11 is 0. The Hall–Kier alpha value is -2.14. The van der Waals surface area contributed by atoms with Crippen LogP contribution in [-0.4, -0.2) is 29.9 Å². The molecular formula is C22H31N3O2. The third-order valence-corrected chi connectivity index (χ3v) is 5.87. The number of nitrogens with one attached hydrogen (secondary N) is 2. The van der Waals surface area contributed by atoms with Gasteiger partial charge in [-0.3, -0.25) is 9.59 Å². The van der Waals surface area contributed by atoms with Crippen LogP contribution in [0.5, 0.6) is 0 Å². The summed E-state index contributed by atoms with van der Waals surface area (Å²) in [6.07, 6.45) is 9.85. The molecule has 27 heavy (non-hydrogen) atoms. The van der Waals surface area contributed by atoms with Crippen molar-refractivity contribution in [1.29, 1.82) is 0 Å². The van der Waals surface area contributed by atoms with Crippen LogP contribution in [0.1, 0.15) is 44.6 Å². The number of amides is 2. The monoisotopic (exact) mass is 369 g/mol. The van der Waals surface area contributed by atoms with E-state index in [-0.39, 0.29) is 17.9 Å². The number of hydrogen-bond acceptors (Lipinski definition) is 3. The molecule has 0 saturated heterocycles. The number of rotatable bonds is 8. The summed E-state index contributed by atoms with van der Waals surface area (Å²) in [5, 5.41) is 6.08. The van der Waals surface area contributed by atoms with Crippen LogP contribution in [0.3, 0.4) is 0 Å². The Morgan fingerprint density at radius 1 is 1.22 bits per heavy atom. The number of benzene rings is 1. The van der Waals surface area contributed by atoms with Gasteiger partial charge in [0.05, 0.1) is 6.04 Å². The van der Waals surface area contributed by atoms with Crippen molar-refractivity contribution >= 4 is 11.8 Å². The molecule has 3 rings (SSSR count). The Labute approximate surface area is 161 Å². The Morgan fingerprint density at radius 3 is 2.63 bits per heavy atom. The van der Waals surface area contributed by atoms with E-state index in [4.69, 9.17) is 5.73 Å². The average molecular weight is 370 g/mol. The SMILES string of the molecule is C[C@H](N)C(=O)N[C@@H](/C=C/C(=O)NC1CC2CC[C@@H]1C2)CCc1ccccc1. The van der Waals surface area contributed by atoms with Crippen molar-refractivity contribution in [1.82, 2.24) is 10.6 Å². The number of carbonyl (C=O) groups is 2. The van der Waals surface area contributed by atoms with Gasteiger partial charge in [0.15, 0.2) is 0 Å². The molecule has 2 fully saturated rings. The Balaban J connectivity index is 1.54. The van der Waals surface area contributed by atoms with E-state index in [0.717, 1.165) is 25.2 Å². The van der Waals surface area contributed by atoms with Gasteiger partial charge in [0.25, 0.3) is 0 Å². The van der Waals surface area contributed by atoms with E-state index >= 15 is 0 Å². The summed E-state index contributed by atoms with van der Waals surface area (Å²) in [6.45, 7) is 1.66. The topological polar surface area (TPSA) is 84.2 Å². The average Bonchev–Trinajstić information content (AvgIpc) is 3.27. The van der Waals surface area contributed by atoms with Crippen LogP contribution in [0.4, 0.5) is 0 Å². The molecule has 2 aliphatic rings. The number of fused-ring (bicyclic) bond motifs is 2. The van der Waals surface area contributed by atoms with Crippen molar-refractivity contribution in [2.24, 2.45) is 17.6 Å². The van der Waals surface area contributed by atoms with Gasteiger partial charge in [-0.05, 0) is 56.4 Å². The lowest BCUT2D eigenvalue weighted by Gasteiger charge is -2.22. The van der Waals surface area contributed by atoms with Crippen LogP contribution in [0, 0.1) is 11.8 Å². The molecule has 5 nitrogen and oxygen atoms in total. The molecule has 0 heterocycles. The number of hydrogen-bond donors (Lipinski definition) is 3. The molecule has 1 aromatic rings. The van der Waals surface area contributed by atoms with Crippen LogP contribution >= 0.6 is 0 Å². The van der Waals surface area contributed by atoms with Crippen LogP contribution in [-0.2, 0) is 16.0 Å². The minimum Gasteiger partial charge on any atom is -0.350 e. The molecular weight excluding hydrogens is 338 g/mol. The van der Waals surface area contributed by atoms with Crippen molar-refractivity contribution in [2.75, 3.05) is 0 Å². The normalized spacial score (nSPS) is 26.1. The minimum atomic E-state index is -0.569. The first-order chi connectivity index (χ1) is 13.0. The number of carbonyl (C=O) groups excluding carboxylic acids is 2. The molecule has 2 unspecified atom stereocenters. The lowest BCUT2D eigenvalue weighted by molar-refractivity contribution is -0.122. The highest BCUT2D eigenvalue weighted by Gasteiger charge is 2.39. The highest BCUT2D eigenvalue weighted by atomic mass is 16.2. The van der Waals surface area contributed by atoms with E-state index in [1.54, 1.807) is 19.1 Å². The van der Waals surface area contributed by atoms with Crippen LogP contribution in [0.15, 0.2) is 42.5 Å². The molecule has 2 bridgehead atoms. The third kappa shape index (κ3) is 5.67. The minimum absolute atomic E-state index is 0.0627. The van der Waals surface area contributed by atoms with Crippen molar-refractivity contribution in [3.63, 3.8) is 0 Å². The molecule has 5 heteroatoms. The summed E-state index contributed by atoms with van der Waals surface area (Å²) < 4.78 is 0. The first-order valence-corrected chi connectivity index (χ1v) is 10.1. The highest BCUT2D eigenvalue weighted by Crippen LogP contribution is 2.44. The van der Waals surface area contributed by atoms with Gasteiger partial charge >= 0.3 is 0 Å². The zero-order chi connectivity index (χ0) is 19.2. The molecule has 2 amide bonds. The maximum atomic E-state index is 12.3. The van der Waals surface area contributed by atoms with Gasteiger partial charge in [0, 0.05) is 18.2 Å². The van der Waals surface area contributed by atoms with Gasteiger partial charge in [0.2, 0.25) is 11.8 Å². The predicted octanol–water partition coefficient (Wildman–Crippen LogP) is 2.31. The molecule has 146 valence electrons. The quantitative estimate of drug-likeness (QED) is 0.615. The second kappa shape index (κ2) is 9.18. The summed E-state index contributed by atoms with van der Waals surface area (Å²) in [7, 11) is 0. The summed E-state index contributed by atoms with van der Waals surface area (Å²) in [6, 6.07) is 9.66. The lowest BCUT2D eigenvalue weighted by Crippen LogP contribution is -2.43. The predicted molar refractivity (Wildman–Crippen MR) is 107 cm³/mol. The fourth-order valence-electron chi connectivity index (χ4n) is 4.35. The first kappa shape index (κ1) is 19.6. The molecule has 0 aliphatic heterocycles. The van der Waals surface area contributed by atoms with Gasteiger partial charge in [-0.25, -0.2) is 0 Å². The lowest BCUT2D eigenvalue weighted by atomic mass is 9.95. The molecule has 1 aromatic carbocycles. The second-order valence-electron chi connectivity index (χ2n) is 8.08. The molecule has 4 N–H and O–H groups in total. The van der Waals surface area contributed by atoms with Crippen LogP contribution in [0.25, 0.3) is 0 Å². The van der Waals surface area contributed by atoms with Gasteiger partial charge in [-0.2, -0.15) is 0 Å². The third-order valence-electron chi connectivity index (χ3n) is 5.87. The summed E-state index contributed by atoms with van der Waals surface area (Å²) in [5.74, 6) is 1.19. The van der Waals surface area contributed by atoms with Crippen LogP contribution < -0.4 is 16.4 Å². The first-order valence-electron chi connectivity index (χ1n) is 10.1. The van der Waals surface area contributed by atoms with E-state index in [2.05, 4.69) is 22.8 Å². The van der Waals surface area contributed by atoms with E-state index in [1.165, 1.54) is 24.8 Å². The standard InChI is InChI=1S/C22H31N3O2/c1-15(23)22(27)24-19(10-8-16-5-3-2-4-6-16)11-12-21(26)25-20-14-17-7-9-18(20)13-17/h2-6,11-12,15,17-20H,7-10,13-14,23H2,1H3,(H,24,27)(H,25,26)/b12-11+/t15-,17?,18+,19+,20?/m0/s1. The van der Waals surface area contributed by atoms with E-state index in [1.807, 2.05) is 18.2 Å². The maximum absolute atomic E-state index is 12.3. The molecule has 2 saturated carbocycles. The summed E-state index contributed by atoms with van der Waals surface area (Å²) in [5.41, 5.74) is 6.88. The second-order valence-corrected chi connectivity index (χ2v) is 8.08. The van der Waals surface area contributed by atoms with Crippen molar-refractivity contribution in [3.8, 4) is 0 Å². The van der Waals surface area contributed by atoms with Crippen LogP contribution in [0.2, 0.25) is 0 Å². The zero-order valence-corrected chi connectivity index (χ0v) is 16.1. The smallest absolute Gasteiger partial charge is 0.243 e. The summed E-state index contributed by atoms with van der Waals surface area (Å²) in [4.78, 5) is 24.3. The Morgan fingerprint density at radius 2 is 2.00 bits per heavy atom. The zero-order valence-electron chi connectivity index (χ0n) is 16.1. The van der Waals surface area contributed by atoms with E-state index in [0.29, 0.717) is 12.0 Å². The molecule has 0 radical (unpaired) electrons. The molecule has 2 aliphatic carbocycles. The maximum Gasteiger partial charge on any atom is 0.243 e. The van der Waals surface area contributed by atoms with Crippen molar-refractivity contribution < 1.29 is 9.59 Å². The molecule has 0 spiro atoms. The largest absolute Gasteiger partial charge is 0.350 e. The van der Waals surface area contributed by atoms with Gasteiger partial charge in [0.1, 0.15) is 0 Å². The van der Waals surface area contributed by atoms with Gasteiger partial charge in [-0.1, -0.05) is 42.8 Å². The van der Waals surface area contributed by atoms with Crippen molar-refractivity contribution in [3.05, 3.63) is 48.0 Å². The molecule has 5 atom stereocenters. The van der Waals surface area contributed by atoms with E-state index < -0.39 is 6.04 Å². The highest BCUT2D eigenvalue weighted by molar-refractivity contribution is 5.88. The van der Waals surface area contributed by atoms with Crippen molar-refractivity contribution in [2.45, 2.75) is 63.6 Å². The van der Waals surface area contributed by atoms with E-state index in [9.17, 15) is 9.59 Å². The number of nitrogens with two attached hydrogens (primary N) is 1. The Bertz CT molecular complexity index is 671.